The number of nitrogens with two attached hydrogens (primary N) is 2. The van der Waals surface area contributed by atoms with Gasteiger partial charge in [0.15, 0.2) is 5.96 Å². The lowest BCUT2D eigenvalue weighted by Gasteiger charge is -2.19. The SMILES string of the molecule is NC(N)=NC(=O)c1ccc2c3ccccc3n(C3CCCCCC3)c2c1. The largest absolute Gasteiger partial charge is 0.370 e. The summed E-state index contributed by atoms with van der Waals surface area (Å²) in [6.07, 6.45) is 7.49. The molecule has 1 aliphatic carbocycles. The molecule has 1 aliphatic rings. The zero-order valence-electron chi connectivity index (χ0n) is 14.8. The van der Waals surface area contributed by atoms with E-state index in [1.807, 2.05) is 12.1 Å². The highest BCUT2D eigenvalue weighted by molar-refractivity contribution is 6.11. The van der Waals surface area contributed by atoms with Gasteiger partial charge >= 0.3 is 0 Å². The van der Waals surface area contributed by atoms with Crippen molar-refractivity contribution in [1.29, 1.82) is 0 Å². The molecule has 5 nitrogen and oxygen atoms in total. The Morgan fingerprint density at radius 1 is 0.923 bits per heavy atom. The average Bonchev–Trinajstić information content (AvgIpc) is 2.77. The first-order chi connectivity index (χ1) is 12.6. The first-order valence-electron chi connectivity index (χ1n) is 9.32. The lowest BCUT2D eigenvalue weighted by atomic mass is 10.1. The third-order valence-corrected chi connectivity index (χ3v) is 5.38. The monoisotopic (exact) mass is 348 g/mol. The Hall–Kier alpha value is -2.82. The molecule has 0 unspecified atom stereocenters. The highest BCUT2D eigenvalue weighted by Gasteiger charge is 2.20. The predicted molar refractivity (Wildman–Crippen MR) is 106 cm³/mol. The molecule has 1 aromatic heterocycles. The summed E-state index contributed by atoms with van der Waals surface area (Å²) in [7, 11) is 0. The van der Waals surface area contributed by atoms with Crippen molar-refractivity contribution in [3.8, 4) is 0 Å². The minimum absolute atomic E-state index is 0.209. The van der Waals surface area contributed by atoms with Crippen molar-refractivity contribution in [3.05, 3.63) is 48.0 Å². The highest BCUT2D eigenvalue weighted by atomic mass is 16.1. The van der Waals surface area contributed by atoms with E-state index in [1.165, 1.54) is 54.8 Å². The summed E-state index contributed by atoms with van der Waals surface area (Å²) in [5.74, 6) is -0.607. The van der Waals surface area contributed by atoms with Crippen LogP contribution in [0.5, 0.6) is 0 Å². The Morgan fingerprint density at radius 3 is 2.35 bits per heavy atom. The van der Waals surface area contributed by atoms with Gasteiger partial charge in [-0.25, -0.2) is 0 Å². The van der Waals surface area contributed by atoms with E-state index >= 15 is 0 Å². The molecule has 134 valence electrons. The van der Waals surface area contributed by atoms with Crippen LogP contribution < -0.4 is 11.5 Å². The molecule has 0 atom stereocenters. The van der Waals surface area contributed by atoms with Crippen molar-refractivity contribution in [2.45, 2.75) is 44.6 Å². The summed E-state index contributed by atoms with van der Waals surface area (Å²) in [5.41, 5.74) is 13.6. The molecule has 1 saturated carbocycles. The van der Waals surface area contributed by atoms with Crippen LogP contribution in [-0.4, -0.2) is 16.4 Å². The summed E-state index contributed by atoms with van der Waals surface area (Å²) in [4.78, 5) is 16.0. The fourth-order valence-electron chi connectivity index (χ4n) is 4.22. The number of aromatic nitrogens is 1. The number of nitrogens with zero attached hydrogens (tertiary/aromatic N) is 2. The number of benzene rings is 2. The summed E-state index contributed by atoms with van der Waals surface area (Å²) in [6.45, 7) is 0. The zero-order valence-corrected chi connectivity index (χ0v) is 14.8. The van der Waals surface area contributed by atoms with Gasteiger partial charge in [-0.2, -0.15) is 4.99 Å². The lowest BCUT2D eigenvalue weighted by molar-refractivity contribution is 0.100. The summed E-state index contributed by atoms with van der Waals surface area (Å²) in [5, 5.41) is 2.40. The number of guanidine groups is 1. The van der Waals surface area contributed by atoms with Crippen LogP contribution in [0.2, 0.25) is 0 Å². The number of hydrogen-bond acceptors (Lipinski definition) is 1. The van der Waals surface area contributed by atoms with E-state index in [4.69, 9.17) is 11.5 Å². The minimum Gasteiger partial charge on any atom is -0.370 e. The molecular formula is C21H24N4O. The number of fused-ring (bicyclic) bond motifs is 3. The first-order valence-corrected chi connectivity index (χ1v) is 9.32. The van der Waals surface area contributed by atoms with Crippen LogP contribution in [0.1, 0.15) is 54.9 Å². The molecule has 4 rings (SSSR count). The molecule has 0 radical (unpaired) electrons. The van der Waals surface area contributed by atoms with Crippen LogP contribution in [0.25, 0.3) is 21.8 Å². The van der Waals surface area contributed by atoms with Crippen LogP contribution in [-0.2, 0) is 0 Å². The molecular weight excluding hydrogens is 324 g/mol. The molecule has 0 bridgehead atoms. The molecule has 26 heavy (non-hydrogen) atoms. The maximum Gasteiger partial charge on any atom is 0.280 e. The Labute approximate surface area is 152 Å². The second kappa shape index (κ2) is 6.83. The Bertz CT molecular complexity index is 990. The van der Waals surface area contributed by atoms with Gasteiger partial charge in [0.2, 0.25) is 0 Å². The second-order valence-electron chi connectivity index (χ2n) is 7.11. The molecule has 4 N–H and O–H groups in total. The first kappa shape index (κ1) is 16.6. The Morgan fingerprint density at radius 2 is 1.62 bits per heavy atom. The predicted octanol–water partition coefficient (Wildman–Crippen LogP) is 4.10. The number of carbonyl (C=O) groups is 1. The molecule has 0 spiro atoms. The van der Waals surface area contributed by atoms with Gasteiger partial charge in [0, 0.05) is 27.9 Å². The topological polar surface area (TPSA) is 86.4 Å². The molecule has 1 fully saturated rings. The third-order valence-electron chi connectivity index (χ3n) is 5.38. The third kappa shape index (κ3) is 2.94. The van der Waals surface area contributed by atoms with Crippen molar-refractivity contribution < 1.29 is 4.79 Å². The maximum absolute atomic E-state index is 12.3. The fourth-order valence-corrected chi connectivity index (χ4v) is 4.22. The van der Waals surface area contributed by atoms with E-state index in [1.54, 1.807) is 6.07 Å². The molecule has 1 amide bonds. The van der Waals surface area contributed by atoms with Crippen LogP contribution in [0, 0.1) is 0 Å². The van der Waals surface area contributed by atoms with Crippen LogP contribution in [0.3, 0.4) is 0 Å². The molecule has 3 aromatic rings. The van der Waals surface area contributed by atoms with Gasteiger partial charge in [-0.15, -0.1) is 0 Å². The van der Waals surface area contributed by atoms with E-state index in [0.29, 0.717) is 11.6 Å². The number of carbonyl (C=O) groups excluding carboxylic acids is 1. The number of rotatable bonds is 2. The van der Waals surface area contributed by atoms with Gasteiger partial charge in [0.1, 0.15) is 0 Å². The molecule has 0 aliphatic heterocycles. The summed E-state index contributed by atoms with van der Waals surface area (Å²) >= 11 is 0. The van der Waals surface area contributed by atoms with E-state index < -0.39 is 5.91 Å². The molecule has 5 heteroatoms. The standard InChI is InChI=1S/C21H24N4O/c22-21(23)24-20(26)14-11-12-17-16-9-5-6-10-18(16)25(19(17)13-14)15-7-3-1-2-4-8-15/h5-6,9-13,15H,1-4,7-8H2,(H4,22,23,24,26). The van der Waals surface area contributed by atoms with Gasteiger partial charge in [-0.05, 0) is 31.0 Å². The Balaban J connectivity index is 1.93. The van der Waals surface area contributed by atoms with Crippen LogP contribution in [0.4, 0.5) is 0 Å². The second-order valence-corrected chi connectivity index (χ2v) is 7.11. The quantitative estimate of drug-likeness (QED) is 0.415. The van der Waals surface area contributed by atoms with E-state index in [0.717, 1.165) is 5.52 Å². The minimum atomic E-state index is -0.399. The molecule has 2 aromatic carbocycles. The summed E-state index contributed by atoms with van der Waals surface area (Å²) in [6, 6.07) is 14.7. The van der Waals surface area contributed by atoms with Gasteiger partial charge in [-0.1, -0.05) is 49.9 Å². The number of amides is 1. The van der Waals surface area contributed by atoms with E-state index in [-0.39, 0.29) is 5.96 Å². The van der Waals surface area contributed by atoms with Gasteiger partial charge < -0.3 is 16.0 Å². The average molecular weight is 348 g/mol. The maximum atomic E-state index is 12.3. The van der Waals surface area contributed by atoms with Crippen molar-refractivity contribution in [2.24, 2.45) is 16.5 Å². The van der Waals surface area contributed by atoms with Crippen molar-refractivity contribution in [3.63, 3.8) is 0 Å². The smallest absolute Gasteiger partial charge is 0.280 e. The van der Waals surface area contributed by atoms with Crippen molar-refractivity contribution in [1.82, 2.24) is 4.57 Å². The molecule has 1 heterocycles. The summed E-state index contributed by atoms with van der Waals surface area (Å²) < 4.78 is 2.43. The van der Waals surface area contributed by atoms with Crippen molar-refractivity contribution in [2.75, 3.05) is 0 Å². The van der Waals surface area contributed by atoms with E-state index in [9.17, 15) is 4.79 Å². The van der Waals surface area contributed by atoms with Gasteiger partial charge in [-0.3, -0.25) is 4.79 Å². The molecule has 0 saturated heterocycles. The van der Waals surface area contributed by atoms with Crippen molar-refractivity contribution >= 4 is 33.7 Å². The normalized spacial score (nSPS) is 15.8. The van der Waals surface area contributed by atoms with Gasteiger partial charge in [0.25, 0.3) is 5.91 Å². The van der Waals surface area contributed by atoms with Crippen LogP contribution >= 0.6 is 0 Å². The number of hydrogen-bond donors (Lipinski definition) is 2. The lowest BCUT2D eigenvalue weighted by Crippen LogP contribution is -2.24. The highest BCUT2D eigenvalue weighted by Crippen LogP contribution is 2.37. The Kier molecular flexibility index (Phi) is 4.37. The zero-order chi connectivity index (χ0) is 18.1. The number of aliphatic imine (C=N–C) groups is 1. The van der Waals surface area contributed by atoms with Gasteiger partial charge in [0.05, 0.1) is 5.52 Å². The number of para-hydroxylation sites is 1. The van der Waals surface area contributed by atoms with E-state index in [2.05, 4.69) is 33.8 Å². The van der Waals surface area contributed by atoms with Crippen LogP contribution in [0.15, 0.2) is 47.5 Å². The fraction of sp³-hybridized carbons (Fsp3) is 0.333.